The summed E-state index contributed by atoms with van der Waals surface area (Å²) in [6, 6.07) is 3.40. The number of aryl methyl sites for hydroxylation is 1. The van der Waals surface area contributed by atoms with Crippen LogP contribution in [-0.2, 0) is 9.84 Å². The van der Waals surface area contributed by atoms with Crippen molar-refractivity contribution in [1.29, 1.82) is 0 Å². The molecule has 0 saturated heterocycles. The average Bonchev–Trinajstić information content (AvgIpc) is 2.45. The summed E-state index contributed by atoms with van der Waals surface area (Å²) < 4.78 is 27.7. The molecule has 15 heavy (non-hydrogen) atoms. The molecule has 0 aliphatic rings. The summed E-state index contributed by atoms with van der Waals surface area (Å²) in [5.41, 5.74) is 6.36. The largest absolute Gasteiger partial charge is 0.382 e. The minimum absolute atomic E-state index is 0.346. The van der Waals surface area contributed by atoms with E-state index in [2.05, 4.69) is 4.37 Å². The molecule has 0 aliphatic heterocycles. The number of rotatable bonds is 1. The van der Waals surface area contributed by atoms with E-state index >= 15 is 0 Å². The number of sulfone groups is 1. The molecule has 0 bridgehead atoms. The molecule has 0 saturated carbocycles. The fourth-order valence-electron chi connectivity index (χ4n) is 1.49. The van der Waals surface area contributed by atoms with E-state index in [9.17, 15) is 8.42 Å². The molecule has 0 atom stereocenters. The summed E-state index contributed by atoms with van der Waals surface area (Å²) in [5, 5.41) is 0.824. The monoisotopic (exact) mass is 242 g/mol. The SMILES string of the molecule is Cc1cc2c(N)nsc2cc1S(C)(=O)=O. The number of hydrogen-bond donors (Lipinski definition) is 1. The van der Waals surface area contributed by atoms with E-state index in [1.54, 1.807) is 19.1 Å². The zero-order valence-electron chi connectivity index (χ0n) is 8.31. The van der Waals surface area contributed by atoms with Gasteiger partial charge < -0.3 is 5.73 Å². The highest BCUT2D eigenvalue weighted by atomic mass is 32.2. The molecular weight excluding hydrogens is 232 g/mol. The zero-order valence-corrected chi connectivity index (χ0v) is 9.95. The second kappa shape index (κ2) is 3.18. The summed E-state index contributed by atoms with van der Waals surface area (Å²) in [7, 11) is -3.18. The van der Waals surface area contributed by atoms with E-state index < -0.39 is 9.84 Å². The molecule has 1 heterocycles. The highest BCUT2D eigenvalue weighted by Gasteiger charge is 2.14. The lowest BCUT2D eigenvalue weighted by Crippen LogP contribution is -1.99. The lowest BCUT2D eigenvalue weighted by molar-refractivity contribution is 0.601. The van der Waals surface area contributed by atoms with Gasteiger partial charge in [0.15, 0.2) is 9.84 Å². The van der Waals surface area contributed by atoms with Crippen molar-refractivity contribution in [1.82, 2.24) is 4.37 Å². The van der Waals surface area contributed by atoms with Crippen molar-refractivity contribution in [2.24, 2.45) is 0 Å². The molecule has 2 rings (SSSR count). The maximum absolute atomic E-state index is 11.5. The standard InChI is InChI=1S/C9H10N2O2S2/c1-5-3-6-7(14-11-9(6)10)4-8(5)15(2,12)13/h3-4H,1-2H3,(H2,10,11). The maximum atomic E-state index is 11.5. The first-order valence-electron chi connectivity index (χ1n) is 4.25. The Bertz CT molecular complexity index is 629. The van der Waals surface area contributed by atoms with Gasteiger partial charge in [-0.3, -0.25) is 0 Å². The molecule has 0 amide bonds. The average molecular weight is 242 g/mol. The minimum Gasteiger partial charge on any atom is -0.382 e. The van der Waals surface area contributed by atoms with E-state index in [1.165, 1.54) is 17.8 Å². The number of nitrogen functional groups attached to an aromatic ring is 1. The molecule has 1 aromatic carbocycles. The van der Waals surface area contributed by atoms with Crippen LogP contribution in [0, 0.1) is 6.92 Å². The Morgan fingerprint density at radius 2 is 2.07 bits per heavy atom. The zero-order chi connectivity index (χ0) is 11.2. The van der Waals surface area contributed by atoms with Crippen molar-refractivity contribution < 1.29 is 8.42 Å². The Kier molecular flexibility index (Phi) is 2.20. The number of nitrogens with two attached hydrogens (primary N) is 1. The molecule has 2 N–H and O–H groups in total. The molecule has 0 aliphatic carbocycles. The van der Waals surface area contributed by atoms with Crippen LogP contribution < -0.4 is 5.73 Å². The second-order valence-electron chi connectivity index (χ2n) is 3.45. The van der Waals surface area contributed by atoms with Crippen molar-refractivity contribution >= 4 is 37.3 Å². The van der Waals surface area contributed by atoms with Crippen LogP contribution in [-0.4, -0.2) is 19.0 Å². The van der Waals surface area contributed by atoms with Gasteiger partial charge in [-0.25, -0.2) is 8.42 Å². The van der Waals surface area contributed by atoms with Crippen LogP contribution in [0.4, 0.5) is 5.82 Å². The van der Waals surface area contributed by atoms with Gasteiger partial charge in [0.2, 0.25) is 0 Å². The number of hydrogen-bond acceptors (Lipinski definition) is 5. The molecule has 0 unspecified atom stereocenters. The van der Waals surface area contributed by atoms with Crippen LogP contribution in [0.1, 0.15) is 5.56 Å². The predicted octanol–water partition coefficient (Wildman–Crippen LogP) is 1.59. The van der Waals surface area contributed by atoms with Crippen LogP contribution in [0.25, 0.3) is 10.1 Å². The molecular formula is C9H10N2O2S2. The first-order chi connectivity index (χ1) is 6.89. The number of fused-ring (bicyclic) bond motifs is 1. The van der Waals surface area contributed by atoms with Crippen LogP contribution in [0.3, 0.4) is 0 Å². The summed E-state index contributed by atoms with van der Waals surface area (Å²) in [5.74, 6) is 0.457. The predicted molar refractivity (Wildman–Crippen MR) is 61.9 cm³/mol. The smallest absolute Gasteiger partial charge is 0.175 e. The fourth-order valence-corrected chi connectivity index (χ4v) is 3.27. The van der Waals surface area contributed by atoms with E-state index in [0.29, 0.717) is 16.3 Å². The fraction of sp³-hybridized carbons (Fsp3) is 0.222. The summed E-state index contributed by atoms with van der Waals surface area (Å²) in [4.78, 5) is 0.346. The molecule has 80 valence electrons. The van der Waals surface area contributed by atoms with Crippen molar-refractivity contribution in [3.8, 4) is 0 Å². The summed E-state index contributed by atoms with van der Waals surface area (Å²) in [6.45, 7) is 1.76. The van der Waals surface area contributed by atoms with Crippen molar-refractivity contribution in [2.45, 2.75) is 11.8 Å². The third-order valence-electron chi connectivity index (χ3n) is 2.19. The van der Waals surface area contributed by atoms with Crippen molar-refractivity contribution in [3.05, 3.63) is 17.7 Å². The molecule has 0 fully saturated rings. The van der Waals surface area contributed by atoms with E-state index in [4.69, 9.17) is 5.73 Å². The Labute approximate surface area is 91.8 Å². The maximum Gasteiger partial charge on any atom is 0.175 e. The third-order valence-corrected chi connectivity index (χ3v) is 4.26. The van der Waals surface area contributed by atoms with Crippen LogP contribution in [0.2, 0.25) is 0 Å². The Morgan fingerprint density at radius 3 is 2.67 bits per heavy atom. The molecule has 2 aromatic rings. The Morgan fingerprint density at radius 1 is 1.40 bits per heavy atom. The van der Waals surface area contributed by atoms with Gasteiger partial charge in [0.25, 0.3) is 0 Å². The first-order valence-corrected chi connectivity index (χ1v) is 6.91. The molecule has 1 aromatic heterocycles. The van der Waals surface area contributed by atoms with Gasteiger partial charge >= 0.3 is 0 Å². The van der Waals surface area contributed by atoms with E-state index in [-0.39, 0.29) is 0 Å². The molecule has 4 nitrogen and oxygen atoms in total. The van der Waals surface area contributed by atoms with Gasteiger partial charge in [0, 0.05) is 11.6 Å². The molecule has 6 heteroatoms. The Balaban J connectivity index is 2.86. The molecule has 0 radical (unpaired) electrons. The number of nitrogens with zero attached hydrogens (tertiary/aromatic N) is 1. The summed E-state index contributed by atoms with van der Waals surface area (Å²) >= 11 is 1.21. The van der Waals surface area contributed by atoms with Gasteiger partial charge in [0.05, 0.1) is 9.60 Å². The number of anilines is 1. The molecule has 0 spiro atoms. The van der Waals surface area contributed by atoms with E-state index in [0.717, 1.165) is 10.1 Å². The lowest BCUT2D eigenvalue weighted by atomic mass is 10.2. The lowest BCUT2D eigenvalue weighted by Gasteiger charge is -2.03. The van der Waals surface area contributed by atoms with Gasteiger partial charge in [0.1, 0.15) is 5.82 Å². The van der Waals surface area contributed by atoms with Crippen LogP contribution in [0.5, 0.6) is 0 Å². The van der Waals surface area contributed by atoms with Crippen LogP contribution in [0.15, 0.2) is 17.0 Å². The van der Waals surface area contributed by atoms with Crippen molar-refractivity contribution in [3.63, 3.8) is 0 Å². The van der Waals surface area contributed by atoms with Gasteiger partial charge in [-0.15, -0.1) is 0 Å². The second-order valence-corrected chi connectivity index (χ2v) is 6.24. The quantitative estimate of drug-likeness (QED) is 0.824. The highest BCUT2D eigenvalue weighted by molar-refractivity contribution is 7.90. The van der Waals surface area contributed by atoms with Crippen LogP contribution >= 0.6 is 11.5 Å². The van der Waals surface area contributed by atoms with Gasteiger partial charge in [-0.2, -0.15) is 4.37 Å². The summed E-state index contributed by atoms with van der Waals surface area (Å²) in [6.07, 6.45) is 1.20. The Hall–Kier alpha value is -1.14. The number of benzene rings is 1. The van der Waals surface area contributed by atoms with Gasteiger partial charge in [-0.1, -0.05) is 0 Å². The minimum atomic E-state index is -3.18. The highest BCUT2D eigenvalue weighted by Crippen LogP contribution is 2.29. The van der Waals surface area contributed by atoms with Crippen molar-refractivity contribution in [2.75, 3.05) is 12.0 Å². The topological polar surface area (TPSA) is 73.0 Å². The first kappa shape index (κ1) is 10.4. The van der Waals surface area contributed by atoms with E-state index in [1.807, 2.05) is 0 Å². The third kappa shape index (κ3) is 1.70. The van der Waals surface area contributed by atoms with Gasteiger partial charge in [-0.05, 0) is 36.2 Å². The normalized spacial score (nSPS) is 12.1. The number of aromatic nitrogens is 1.